The number of nitrogens with one attached hydrogen (secondary N) is 1. The quantitative estimate of drug-likeness (QED) is 0.837. The van der Waals surface area contributed by atoms with Crippen molar-refractivity contribution < 1.29 is 13.6 Å². The number of anilines is 2. The molecule has 1 N–H and O–H groups in total. The molecule has 0 saturated carbocycles. The fourth-order valence-corrected chi connectivity index (χ4v) is 1.84. The van der Waals surface area contributed by atoms with Crippen LogP contribution in [0, 0.1) is 11.6 Å². The molecule has 0 radical (unpaired) electrons. The molecule has 0 aliphatic carbocycles. The Balaban J connectivity index is 2.47. The molecule has 86 valence electrons. The lowest BCUT2D eigenvalue weighted by Crippen LogP contribution is -2.39. The van der Waals surface area contributed by atoms with Gasteiger partial charge in [0.2, 0.25) is 5.91 Å². The highest BCUT2D eigenvalue weighted by Crippen LogP contribution is 2.32. The Hall–Kier alpha value is -1.65. The van der Waals surface area contributed by atoms with Crippen molar-refractivity contribution >= 4 is 17.3 Å². The van der Waals surface area contributed by atoms with E-state index in [1.807, 2.05) is 6.92 Å². The fourth-order valence-electron chi connectivity index (χ4n) is 1.84. The van der Waals surface area contributed by atoms with E-state index in [2.05, 4.69) is 5.32 Å². The monoisotopic (exact) mass is 226 g/mol. The molecular formula is C11H12F2N2O. The van der Waals surface area contributed by atoms with Crippen molar-refractivity contribution in [1.82, 2.24) is 0 Å². The van der Waals surface area contributed by atoms with Crippen molar-refractivity contribution in [3.63, 3.8) is 0 Å². The van der Waals surface area contributed by atoms with Gasteiger partial charge in [-0.2, -0.15) is 0 Å². The largest absolute Gasteiger partial charge is 0.360 e. The third-order valence-electron chi connectivity index (χ3n) is 2.47. The second-order valence-corrected chi connectivity index (χ2v) is 3.75. The smallest absolute Gasteiger partial charge is 0.244 e. The maximum Gasteiger partial charge on any atom is 0.244 e. The predicted octanol–water partition coefficient (Wildman–Crippen LogP) is 2.13. The predicted molar refractivity (Wildman–Crippen MR) is 57.5 cm³/mol. The van der Waals surface area contributed by atoms with Crippen molar-refractivity contribution in [3.8, 4) is 0 Å². The molecule has 0 bridgehead atoms. The van der Waals surface area contributed by atoms with E-state index in [1.165, 1.54) is 6.07 Å². The van der Waals surface area contributed by atoms with Crippen LogP contribution in [0.25, 0.3) is 0 Å². The Morgan fingerprint density at radius 1 is 1.44 bits per heavy atom. The van der Waals surface area contributed by atoms with E-state index in [0.717, 1.165) is 12.5 Å². The minimum atomic E-state index is -0.732. The first-order valence-corrected chi connectivity index (χ1v) is 5.15. The van der Waals surface area contributed by atoms with Gasteiger partial charge in [-0.25, -0.2) is 8.78 Å². The molecule has 0 unspecified atom stereocenters. The molecule has 3 nitrogen and oxygen atoms in total. The summed E-state index contributed by atoms with van der Waals surface area (Å²) in [6.07, 6.45) is 0.810. The Morgan fingerprint density at radius 2 is 2.19 bits per heavy atom. The molecular weight excluding hydrogens is 214 g/mol. The van der Waals surface area contributed by atoms with Crippen LogP contribution in [-0.2, 0) is 4.79 Å². The van der Waals surface area contributed by atoms with Crippen LogP contribution in [0.15, 0.2) is 12.1 Å². The molecule has 2 rings (SSSR count). The van der Waals surface area contributed by atoms with Crippen LogP contribution in [0.2, 0.25) is 0 Å². The maximum atomic E-state index is 13.4. The van der Waals surface area contributed by atoms with Gasteiger partial charge in [-0.1, -0.05) is 6.92 Å². The zero-order valence-electron chi connectivity index (χ0n) is 8.89. The summed E-state index contributed by atoms with van der Waals surface area (Å²) in [7, 11) is 0. The molecule has 1 heterocycles. The summed E-state index contributed by atoms with van der Waals surface area (Å²) in [5.41, 5.74) is 0.491. The lowest BCUT2D eigenvalue weighted by Gasteiger charge is -2.30. The fraction of sp³-hybridized carbons (Fsp3) is 0.364. The highest BCUT2D eigenvalue weighted by molar-refractivity contribution is 6.01. The molecule has 0 aromatic heterocycles. The van der Waals surface area contributed by atoms with Gasteiger partial charge in [0.15, 0.2) is 5.82 Å². The average Bonchev–Trinajstić information content (AvgIpc) is 2.20. The summed E-state index contributed by atoms with van der Waals surface area (Å²) < 4.78 is 26.5. The second-order valence-electron chi connectivity index (χ2n) is 3.75. The molecule has 1 aliphatic heterocycles. The minimum absolute atomic E-state index is 0.0751. The Kier molecular flexibility index (Phi) is 2.77. The number of benzene rings is 1. The molecule has 0 atom stereocenters. The van der Waals surface area contributed by atoms with E-state index in [1.54, 1.807) is 4.90 Å². The van der Waals surface area contributed by atoms with E-state index in [4.69, 9.17) is 0 Å². The van der Waals surface area contributed by atoms with E-state index in [0.29, 0.717) is 12.2 Å². The Morgan fingerprint density at radius 3 is 2.88 bits per heavy atom. The molecule has 0 spiro atoms. The molecule has 0 saturated heterocycles. The van der Waals surface area contributed by atoms with Crippen LogP contribution < -0.4 is 10.2 Å². The van der Waals surface area contributed by atoms with Gasteiger partial charge in [-0.05, 0) is 12.5 Å². The number of fused-ring (bicyclic) bond motifs is 1. The minimum Gasteiger partial charge on any atom is -0.360 e. The number of rotatable bonds is 2. The topological polar surface area (TPSA) is 32.3 Å². The number of amides is 1. The van der Waals surface area contributed by atoms with Gasteiger partial charge >= 0.3 is 0 Å². The van der Waals surface area contributed by atoms with Crippen LogP contribution in [0.5, 0.6) is 0 Å². The van der Waals surface area contributed by atoms with Gasteiger partial charge in [0.1, 0.15) is 11.5 Å². The van der Waals surface area contributed by atoms with Gasteiger partial charge in [0.05, 0.1) is 12.2 Å². The van der Waals surface area contributed by atoms with Crippen molar-refractivity contribution in [2.24, 2.45) is 0 Å². The SMILES string of the molecule is CCCN1CC(=O)Nc2c(F)cc(F)cc21. The number of hydrogen-bond donors (Lipinski definition) is 1. The highest BCUT2D eigenvalue weighted by Gasteiger charge is 2.24. The first-order chi connectivity index (χ1) is 7.61. The number of carbonyl (C=O) groups excluding carboxylic acids is 1. The van der Waals surface area contributed by atoms with Crippen LogP contribution in [0.1, 0.15) is 13.3 Å². The third-order valence-corrected chi connectivity index (χ3v) is 2.47. The summed E-state index contributed by atoms with van der Waals surface area (Å²) >= 11 is 0. The van der Waals surface area contributed by atoms with Crippen LogP contribution in [0.4, 0.5) is 20.2 Å². The standard InChI is InChI=1S/C11H12F2N2O/c1-2-3-15-6-10(16)14-11-8(13)4-7(12)5-9(11)15/h4-5H,2-3,6H2,1H3,(H,14,16). The van der Waals surface area contributed by atoms with Gasteiger partial charge < -0.3 is 10.2 Å². The van der Waals surface area contributed by atoms with Crippen molar-refractivity contribution in [3.05, 3.63) is 23.8 Å². The van der Waals surface area contributed by atoms with E-state index in [-0.39, 0.29) is 18.1 Å². The normalized spacial score (nSPS) is 14.7. The zero-order valence-corrected chi connectivity index (χ0v) is 8.89. The Labute approximate surface area is 92.1 Å². The van der Waals surface area contributed by atoms with E-state index >= 15 is 0 Å². The number of halogens is 2. The number of nitrogens with zero attached hydrogens (tertiary/aromatic N) is 1. The summed E-state index contributed by atoms with van der Waals surface area (Å²) in [5, 5.41) is 2.42. The molecule has 1 aliphatic rings. The average molecular weight is 226 g/mol. The van der Waals surface area contributed by atoms with Crippen molar-refractivity contribution in [2.75, 3.05) is 23.3 Å². The number of carbonyl (C=O) groups is 1. The van der Waals surface area contributed by atoms with Gasteiger partial charge in [-0.15, -0.1) is 0 Å². The van der Waals surface area contributed by atoms with E-state index in [9.17, 15) is 13.6 Å². The first kappa shape index (κ1) is 10.9. The van der Waals surface area contributed by atoms with Crippen LogP contribution in [-0.4, -0.2) is 19.0 Å². The van der Waals surface area contributed by atoms with Gasteiger partial charge in [0, 0.05) is 12.6 Å². The lowest BCUT2D eigenvalue weighted by molar-refractivity contribution is -0.115. The highest BCUT2D eigenvalue weighted by atomic mass is 19.1. The summed E-state index contributed by atoms with van der Waals surface area (Å²) in [5.74, 6) is -1.64. The van der Waals surface area contributed by atoms with Gasteiger partial charge in [0.25, 0.3) is 0 Å². The number of hydrogen-bond acceptors (Lipinski definition) is 2. The molecule has 0 fully saturated rings. The first-order valence-electron chi connectivity index (χ1n) is 5.15. The maximum absolute atomic E-state index is 13.4. The summed E-state index contributed by atoms with van der Waals surface area (Å²) in [6.45, 7) is 2.69. The summed E-state index contributed by atoms with van der Waals surface area (Å²) in [6, 6.07) is 2.02. The molecule has 16 heavy (non-hydrogen) atoms. The van der Waals surface area contributed by atoms with Gasteiger partial charge in [-0.3, -0.25) is 4.79 Å². The molecule has 5 heteroatoms. The summed E-state index contributed by atoms with van der Waals surface area (Å²) in [4.78, 5) is 13.0. The van der Waals surface area contributed by atoms with Crippen LogP contribution >= 0.6 is 0 Å². The van der Waals surface area contributed by atoms with Crippen molar-refractivity contribution in [2.45, 2.75) is 13.3 Å². The zero-order chi connectivity index (χ0) is 11.7. The molecule has 1 aromatic carbocycles. The molecule has 1 aromatic rings. The lowest BCUT2D eigenvalue weighted by atomic mass is 10.1. The third kappa shape index (κ3) is 1.85. The van der Waals surface area contributed by atoms with Crippen molar-refractivity contribution in [1.29, 1.82) is 0 Å². The Bertz CT molecular complexity index is 434. The van der Waals surface area contributed by atoms with E-state index < -0.39 is 11.6 Å². The second kappa shape index (κ2) is 4.08. The molecule has 1 amide bonds. The van der Waals surface area contributed by atoms with Crippen LogP contribution in [0.3, 0.4) is 0 Å².